The lowest BCUT2D eigenvalue weighted by atomic mass is 10.0. The molecule has 3 nitrogen and oxygen atoms in total. The van der Waals surface area contributed by atoms with Crippen molar-refractivity contribution in [2.45, 2.75) is 25.8 Å². The van der Waals surface area contributed by atoms with Gasteiger partial charge in [0.1, 0.15) is 6.04 Å². The molecule has 0 saturated carbocycles. The van der Waals surface area contributed by atoms with Crippen LogP contribution >= 0.6 is 0 Å². The first-order valence-electron chi connectivity index (χ1n) is 4.91. The van der Waals surface area contributed by atoms with Crippen LogP contribution in [0.2, 0.25) is 0 Å². The van der Waals surface area contributed by atoms with E-state index in [9.17, 15) is 4.79 Å². The van der Waals surface area contributed by atoms with E-state index in [4.69, 9.17) is 5.73 Å². The third kappa shape index (κ3) is 1.40. The Hall–Kier alpha value is -1.35. The number of hydrogen-bond donors (Lipinski definition) is 2. The molecule has 0 bridgehead atoms. The molecule has 2 rings (SSSR count). The molecule has 1 unspecified atom stereocenters. The second kappa shape index (κ2) is 3.42. The van der Waals surface area contributed by atoms with Crippen molar-refractivity contribution < 1.29 is 4.79 Å². The number of carbonyl (C=O) groups is 1. The SMILES string of the molecule is CCCc1ccc2c(c1)C(N)C(=O)N2. The van der Waals surface area contributed by atoms with Crippen molar-refractivity contribution in [1.29, 1.82) is 0 Å². The number of nitrogens with one attached hydrogen (secondary N) is 1. The molecule has 0 aromatic heterocycles. The van der Waals surface area contributed by atoms with E-state index in [1.54, 1.807) is 0 Å². The normalized spacial score (nSPS) is 19.3. The van der Waals surface area contributed by atoms with E-state index in [1.165, 1.54) is 5.56 Å². The lowest BCUT2D eigenvalue weighted by molar-refractivity contribution is -0.116. The van der Waals surface area contributed by atoms with Crippen molar-refractivity contribution in [3.05, 3.63) is 29.3 Å². The van der Waals surface area contributed by atoms with Crippen LogP contribution in [-0.2, 0) is 11.2 Å². The molecule has 0 radical (unpaired) electrons. The molecule has 0 saturated heterocycles. The number of anilines is 1. The van der Waals surface area contributed by atoms with Gasteiger partial charge in [-0.2, -0.15) is 0 Å². The Kier molecular flexibility index (Phi) is 2.25. The molecule has 1 aromatic rings. The molecule has 1 aromatic carbocycles. The van der Waals surface area contributed by atoms with Crippen LogP contribution in [0.15, 0.2) is 18.2 Å². The maximum absolute atomic E-state index is 11.3. The number of aryl methyl sites for hydroxylation is 1. The van der Waals surface area contributed by atoms with E-state index in [0.717, 1.165) is 24.1 Å². The second-order valence-corrected chi connectivity index (χ2v) is 3.64. The van der Waals surface area contributed by atoms with Gasteiger partial charge in [-0.3, -0.25) is 4.79 Å². The zero-order valence-electron chi connectivity index (χ0n) is 8.21. The highest BCUT2D eigenvalue weighted by Crippen LogP contribution is 2.29. The Morgan fingerprint density at radius 3 is 3.00 bits per heavy atom. The van der Waals surface area contributed by atoms with Gasteiger partial charge < -0.3 is 11.1 Å². The van der Waals surface area contributed by atoms with Gasteiger partial charge in [0, 0.05) is 11.3 Å². The first kappa shape index (κ1) is 9.21. The van der Waals surface area contributed by atoms with Crippen molar-refractivity contribution in [3.63, 3.8) is 0 Å². The summed E-state index contributed by atoms with van der Waals surface area (Å²) < 4.78 is 0. The molecule has 3 N–H and O–H groups in total. The monoisotopic (exact) mass is 190 g/mol. The zero-order chi connectivity index (χ0) is 10.1. The number of benzene rings is 1. The third-order valence-electron chi connectivity index (χ3n) is 2.53. The van der Waals surface area contributed by atoms with Gasteiger partial charge in [0.05, 0.1) is 0 Å². The maximum atomic E-state index is 11.3. The predicted molar refractivity (Wildman–Crippen MR) is 56.0 cm³/mol. The van der Waals surface area contributed by atoms with Gasteiger partial charge in [-0.1, -0.05) is 25.5 Å². The minimum absolute atomic E-state index is 0.103. The molecule has 1 amide bonds. The molecule has 74 valence electrons. The molecule has 0 fully saturated rings. The maximum Gasteiger partial charge on any atom is 0.245 e. The fraction of sp³-hybridized carbons (Fsp3) is 0.364. The molecule has 1 aliphatic heterocycles. The average Bonchev–Trinajstić information content (AvgIpc) is 2.45. The highest BCUT2D eigenvalue weighted by Gasteiger charge is 2.26. The molecular weight excluding hydrogens is 176 g/mol. The van der Waals surface area contributed by atoms with Gasteiger partial charge in [-0.25, -0.2) is 0 Å². The van der Waals surface area contributed by atoms with E-state index < -0.39 is 6.04 Å². The predicted octanol–water partition coefficient (Wildman–Crippen LogP) is 1.59. The van der Waals surface area contributed by atoms with Crippen molar-refractivity contribution in [1.82, 2.24) is 0 Å². The van der Waals surface area contributed by atoms with Gasteiger partial charge >= 0.3 is 0 Å². The molecule has 0 aliphatic carbocycles. The molecule has 0 spiro atoms. The van der Waals surface area contributed by atoms with Crippen molar-refractivity contribution in [2.24, 2.45) is 5.73 Å². The van der Waals surface area contributed by atoms with Crippen LogP contribution in [0.5, 0.6) is 0 Å². The van der Waals surface area contributed by atoms with Gasteiger partial charge in [-0.05, 0) is 18.1 Å². The summed E-state index contributed by atoms with van der Waals surface area (Å²) in [7, 11) is 0. The van der Waals surface area contributed by atoms with E-state index in [-0.39, 0.29) is 5.91 Å². The van der Waals surface area contributed by atoms with Crippen LogP contribution in [0, 0.1) is 0 Å². The smallest absolute Gasteiger partial charge is 0.245 e. The zero-order valence-corrected chi connectivity index (χ0v) is 8.21. The Labute approximate surface area is 83.3 Å². The largest absolute Gasteiger partial charge is 0.324 e. The number of amides is 1. The standard InChI is InChI=1S/C11H14N2O/c1-2-3-7-4-5-9-8(6-7)10(12)11(14)13-9/h4-6,10H,2-3,12H2,1H3,(H,13,14). The minimum atomic E-state index is -0.484. The summed E-state index contributed by atoms with van der Waals surface area (Å²) in [5.74, 6) is -0.103. The van der Waals surface area contributed by atoms with E-state index >= 15 is 0 Å². The van der Waals surface area contributed by atoms with Crippen LogP contribution in [0.1, 0.15) is 30.5 Å². The fourth-order valence-corrected chi connectivity index (χ4v) is 1.78. The second-order valence-electron chi connectivity index (χ2n) is 3.64. The lowest BCUT2D eigenvalue weighted by Gasteiger charge is -2.04. The van der Waals surface area contributed by atoms with Crippen molar-refractivity contribution >= 4 is 11.6 Å². The van der Waals surface area contributed by atoms with Crippen LogP contribution < -0.4 is 11.1 Å². The lowest BCUT2D eigenvalue weighted by Crippen LogP contribution is -2.19. The number of fused-ring (bicyclic) bond motifs is 1. The quantitative estimate of drug-likeness (QED) is 0.744. The van der Waals surface area contributed by atoms with Crippen LogP contribution in [0.25, 0.3) is 0 Å². The van der Waals surface area contributed by atoms with Gasteiger partial charge in [0.2, 0.25) is 5.91 Å². The minimum Gasteiger partial charge on any atom is -0.324 e. The molecule has 1 atom stereocenters. The summed E-state index contributed by atoms with van der Waals surface area (Å²) in [4.78, 5) is 11.3. The summed E-state index contributed by atoms with van der Waals surface area (Å²) in [6.45, 7) is 2.14. The average molecular weight is 190 g/mol. The molecule has 14 heavy (non-hydrogen) atoms. The third-order valence-corrected chi connectivity index (χ3v) is 2.53. The first-order valence-corrected chi connectivity index (χ1v) is 4.91. The molecule has 3 heteroatoms. The van der Waals surface area contributed by atoms with Crippen molar-refractivity contribution in [3.8, 4) is 0 Å². The van der Waals surface area contributed by atoms with E-state index in [2.05, 4.69) is 12.2 Å². The topological polar surface area (TPSA) is 55.1 Å². The Morgan fingerprint density at radius 2 is 2.29 bits per heavy atom. The number of carbonyl (C=O) groups excluding carboxylic acids is 1. The van der Waals surface area contributed by atoms with Gasteiger partial charge in [-0.15, -0.1) is 0 Å². The number of rotatable bonds is 2. The highest BCUT2D eigenvalue weighted by atomic mass is 16.2. The highest BCUT2D eigenvalue weighted by molar-refractivity contribution is 6.02. The van der Waals surface area contributed by atoms with Crippen molar-refractivity contribution in [2.75, 3.05) is 5.32 Å². The van der Waals surface area contributed by atoms with Crippen LogP contribution in [0.4, 0.5) is 5.69 Å². The summed E-state index contributed by atoms with van der Waals surface area (Å²) in [5.41, 5.74) is 8.79. The van der Waals surface area contributed by atoms with Crippen LogP contribution in [0.3, 0.4) is 0 Å². The van der Waals surface area contributed by atoms with Gasteiger partial charge in [0.25, 0.3) is 0 Å². The van der Waals surface area contributed by atoms with Gasteiger partial charge in [0.15, 0.2) is 0 Å². The molecule has 1 heterocycles. The Balaban J connectivity index is 2.36. The number of nitrogens with two attached hydrogens (primary N) is 1. The fourth-order valence-electron chi connectivity index (χ4n) is 1.78. The summed E-state index contributed by atoms with van der Waals surface area (Å²) in [5, 5.41) is 2.75. The summed E-state index contributed by atoms with van der Waals surface area (Å²) in [6, 6.07) is 5.52. The summed E-state index contributed by atoms with van der Waals surface area (Å²) in [6.07, 6.45) is 2.14. The Morgan fingerprint density at radius 1 is 1.50 bits per heavy atom. The first-order chi connectivity index (χ1) is 6.72. The molecule has 1 aliphatic rings. The summed E-state index contributed by atoms with van der Waals surface area (Å²) >= 11 is 0. The van der Waals surface area contributed by atoms with Crippen LogP contribution in [-0.4, -0.2) is 5.91 Å². The molecular formula is C11H14N2O. The Bertz CT molecular complexity index is 374. The van der Waals surface area contributed by atoms with E-state index in [0.29, 0.717) is 0 Å². The van der Waals surface area contributed by atoms with E-state index in [1.807, 2.05) is 18.2 Å². The number of hydrogen-bond acceptors (Lipinski definition) is 2.